The molecule has 0 saturated carbocycles. The molecule has 2 rings (SSSR count). The van der Waals surface area contributed by atoms with E-state index in [-0.39, 0.29) is 11.7 Å². The molecule has 1 unspecified atom stereocenters. The lowest BCUT2D eigenvalue weighted by atomic mass is 10.2. The standard InChI is InChI=1S/C10H13N3OS2/c1-6(5-8-4-3-7(2)16-8)13-9(14)11-12-10(13)15/h3-4,6H,5H2,1-2H3,(H,11,14)(H,12,15). The molecule has 86 valence electrons. The summed E-state index contributed by atoms with van der Waals surface area (Å²) < 4.78 is 2.02. The molecule has 2 aromatic heterocycles. The second kappa shape index (κ2) is 4.39. The molecular weight excluding hydrogens is 242 g/mol. The third-order valence-electron chi connectivity index (χ3n) is 2.45. The van der Waals surface area contributed by atoms with Crippen LogP contribution < -0.4 is 5.69 Å². The van der Waals surface area contributed by atoms with Crippen molar-refractivity contribution in [1.82, 2.24) is 14.8 Å². The van der Waals surface area contributed by atoms with Gasteiger partial charge in [0.25, 0.3) is 0 Å². The maximum atomic E-state index is 11.5. The summed E-state index contributed by atoms with van der Waals surface area (Å²) in [5, 5.41) is 5.14. The Morgan fingerprint density at radius 2 is 2.25 bits per heavy atom. The van der Waals surface area contributed by atoms with Crippen LogP contribution in [0.5, 0.6) is 0 Å². The minimum absolute atomic E-state index is 0.0700. The summed E-state index contributed by atoms with van der Waals surface area (Å²) in [6.07, 6.45) is 0.827. The lowest BCUT2D eigenvalue weighted by Gasteiger charge is -2.09. The Morgan fingerprint density at radius 1 is 1.50 bits per heavy atom. The molecule has 1 atom stereocenters. The Morgan fingerprint density at radius 3 is 2.75 bits per heavy atom. The number of aromatic nitrogens is 3. The van der Waals surface area contributed by atoms with Crippen molar-refractivity contribution in [3.63, 3.8) is 0 Å². The zero-order chi connectivity index (χ0) is 11.7. The zero-order valence-electron chi connectivity index (χ0n) is 9.11. The van der Waals surface area contributed by atoms with E-state index >= 15 is 0 Å². The van der Waals surface area contributed by atoms with Crippen LogP contribution in [0.4, 0.5) is 0 Å². The van der Waals surface area contributed by atoms with Gasteiger partial charge in [0.05, 0.1) is 0 Å². The van der Waals surface area contributed by atoms with Gasteiger partial charge in [0.15, 0.2) is 4.77 Å². The highest BCUT2D eigenvalue weighted by atomic mass is 32.1. The predicted octanol–water partition coefficient (Wildman–Crippen LogP) is 2.41. The minimum Gasteiger partial charge on any atom is -0.272 e. The monoisotopic (exact) mass is 255 g/mol. The number of nitrogens with zero attached hydrogens (tertiary/aromatic N) is 1. The maximum Gasteiger partial charge on any atom is 0.342 e. The van der Waals surface area contributed by atoms with E-state index in [4.69, 9.17) is 12.2 Å². The number of aromatic amines is 2. The van der Waals surface area contributed by atoms with Crippen LogP contribution in [0.25, 0.3) is 0 Å². The number of rotatable bonds is 3. The van der Waals surface area contributed by atoms with E-state index in [0.29, 0.717) is 4.77 Å². The molecule has 2 aromatic rings. The summed E-state index contributed by atoms with van der Waals surface area (Å²) in [7, 11) is 0. The van der Waals surface area contributed by atoms with Crippen molar-refractivity contribution in [1.29, 1.82) is 0 Å². The molecule has 0 saturated heterocycles. The first-order valence-electron chi connectivity index (χ1n) is 5.02. The summed E-state index contributed by atoms with van der Waals surface area (Å²) >= 11 is 6.81. The van der Waals surface area contributed by atoms with Gasteiger partial charge in [-0.3, -0.25) is 9.67 Å². The van der Waals surface area contributed by atoms with Gasteiger partial charge in [-0.15, -0.1) is 11.3 Å². The van der Waals surface area contributed by atoms with Gasteiger partial charge in [0, 0.05) is 22.2 Å². The van der Waals surface area contributed by atoms with Gasteiger partial charge in [-0.25, -0.2) is 9.89 Å². The second-order valence-electron chi connectivity index (χ2n) is 3.80. The number of H-pyrrole nitrogens is 2. The van der Waals surface area contributed by atoms with Gasteiger partial charge in [-0.1, -0.05) is 0 Å². The van der Waals surface area contributed by atoms with Crippen molar-refractivity contribution in [3.8, 4) is 0 Å². The van der Waals surface area contributed by atoms with Crippen LogP contribution in [0.15, 0.2) is 16.9 Å². The van der Waals surface area contributed by atoms with Crippen molar-refractivity contribution in [2.45, 2.75) is 26.3 Å². The van der Waals surface area contributed by atoms with Crippen LogP contribution in [0.2, 0.25) is 0 Å². The molecule has 0 aliphatic carbocycles. The zero-order valence-corrected chi connectivity index (χ0v) is 10.7. The molecular formula is C10H13N3OS2. The van der Waals surface area contributed by atoms with Crippen LogP contribution >= 0.6 is 23.6 Å². The SMILES string of the molecule is Cc1ccc(CC(C)n2c(=O)[nH][nH]c2=S)s1. The molecule has 2 N–H and O–H groups in total. The van der Waals surface area contributed by atoms with E-state index in [1.54, 1.807) is 15.9 Å². The van der Waals surface area contributed by atoms with E-state index in [9.17, 15) is 4.79 Å². The minimum atomic E-state index is -0.175. The smallest absolute Gasteiger partial charge is 0.272 e. The van der Waals surface area contributed by atoms with Gasteiger partial charge >= 0.3 is 5.69 Å². The molecule has 0 aliphatic heterocycles. The first kappa shape index (κ1) is 11.3. The van der Waals surface area contributed by atoms with Crippen molar-refractivity contribution >= 4 is 23.6 Å². The Hall–Kier alpha value is -1.14. The van der Waals surface area contributed by atoms with Crippen LogP contribution in [-0.2, 0) is 6.42 Å². The normalized spacial score (nSPS) is 12.9. The summed E-state index contributed by atoms with van der Waals surface area (Å²) in [4.78, 5) is 14.0. The molecule has 4 nitrogen and oxygen atoms in total. The fourth-order valence-corrected chi connectivity index (χ4v) is 3.02. The van der Waals surface area contributed by atoms with Gasteiger partial charge in [-0.2, -0.15) is 0 Å². The van der Waals surface area contributed by atoms with E-state index < -0.39 is 0 Å². The average Bonchev–Trinajstić information content (AvgIpc) is 2.74. The maximum absolute atomic E-state index is 11.5. The van der Waals surface area contributed by atoms with Crippen LogP contribution in [-0.4, -0.2) is 14.8 Å². The Bertz CT molecular complexity index is 562. The summed E-state index contributed by atoms with van der Waals surface area (Å²) in [5.41, 5.74) is -0.175. The number of aryl methyl sites for hydroxylation is 1. The highest BCUT2D eigenvalue weighted by molar-refractivity contribution is 7.71. The largest absolute Gasteiger partial charge is 0.342 e. The lowest BCUT2D eigenvalue weighted by molar-refractivity contribution is 0.526. The molecule has 0 aliphatic rings. The van der Waals surface area contributed by atoms with Crippen LogP contribution in [0, 0.1) is 11.7 Å². The van der Waals surface area contributed by atoms with Crippen molar-refractivity contribution < 1.29 is 0 Å². The quantitative estimate of drug-likeness (QED) is 0.828. The fraction of sp³-hybridized carbons (Fsp3) is 0.400. The molecule has 16 heavy (non-hydrogen) atoms. The first-order chi connectivity index (χ1) is 7.58. The van der Waals surface area contributed by atoms with Crippen molar-refractivity contribution in [2.75, 3.05) is 0 Å². The van der Waals surface area contributed by atoms with E-state index in [1.165, 1.54) is 9.75 Å². The molecule has 2 heterocycles. The van der Waals surface area contributed by atoms with Gasteiger partial charge in [-0.05, 0) is 38.2 Å². The Balaban J connectivity index is 2.24. The topological polar surface area (TPSA) is 53.6 Å². The number of thiophene rings is 1. The van der Waals surface area contributed by atoms with Crippen molar-refractivity contribution in [3.05, 3.63) is 37.1 Å². The molecule has 0 aromatic carbocycles. The third kappa shape index (κ3) is 2.17. The lowest BCUT2D eigenvalue weighted by Crippen LogP contribution is -2.21. The average molecular weight is 255 g/mol. The molecule has 0 spiro atoms. The van der Waals surface area contributed by atoms with Crippen LogP contribution in [0.3, 0.4) is 0 Å². The Labute approximate surface area is 102 Å². The van der Waals surface area contributed by atoms with Gasteiger partial charge in [0.2, 0.25) is 0 Å². The van der Waals surface area contributed by atoms with E-state index in [0.717, 1.165) is 6.42 Å². The van der Waals surface area contributed by atoms with Gasteiger partial charge in [0.1, 0.15) is 0 Å². The molecule has 0 fully saturated rings. The molecule has 0 bridgehead atoms. The number of nitrogens with one attached hydrogen (secondary N) is 2. The number of hydrogen-bond donors (Lipinski definition) is 2. The first-order valence-corrected chi connectivity index (χ1v) is 6.25. The van der Waals surface area contributed by atoms with E-state index in [1.807, 2.05) is 6.92 Å². The van der Waals surface area contributed by atoms with Gasteiger partial charge < -0.3 is 0 Å². The number of hydrogen-bond acceptors (Lipinski definition) is 3. The fourth-order valence-electron chi connectivity index (χ4n) is 1.70. The molecule has 6 heteroatoms. The second-order valence-corrected chi connectivity index (χ2v) is 5.55. The summed E-state index contributed by atoms with van der Waals surface area (Å²) in [6.45, 7) is 4.07. The van der Waals surface area contributed by atoms with Crippen LogP contribution in [0.1, 0.15) is 22.7 Å². The van der Waals surface area contributed by atoms with Crippen molar-refractivity contribution in [2.24, 2.45) is 0 Å². The third-order valence-corrected chi connectivity index (χ3v) is 3.77. The highest BCUT2D eigenvalue weighted by Crippen LogP contribution is 2.20. The summed E-state index contributed by atoms with van der Waals surface area (Å²) in [5.74, 6) is 0. The predicted molar refractivity (Wildman–Crippen MR) is 67.7 cm³/mol. The molecule has 0 radical (unpaired) electrons. The Kier molecular flexibility index (Phi) is 3.11. The summed E-state index contributed by atoms with van der Waals surface area (Å²) in [6, 6.07) is 4.26. The molecule has 0 amide bonds. The highest BCUT2D eigenvalue weighted by Gasteiger charge is 2.11. The van der Waals surface area contributed by atoms with E-state index in [2.05, 4.69) is 29.3 Å².